The monoisotopic (exact) mass is 395 g/mol. The van der Waals surface area contributed by atoms with Crippen LogP contribution in [0.1, 0.15) is 25.0 Å². The van der Waals surface area contributed by atoms with Crippen LogP contribution < -0.4 is 5.32 Å². The zero-order valence-electron chi connectivity index (χ0n) is 16.3. The third-order valence-corrected chi connectivity index (χ3v) is 5.64. The first-order chi connectivity index (χ1) is 14.1. The summed E-state index contributed by atoms with van der Waals surface area (Å²) in [5, 5.41) is 2.93. The summed E-state index contributed by atoms with van der Waals surface area (Å²) >= 11 is 0. The molecule has 0 saturated carbocycles. The number of para-hydroxylation sites is 1. The van der Waals surface area contributed by atoms with Crippen molar-refractivity contribution in [3.05, 3.63) is 54.5 Å². The number of piperidine rings is 1. The predicted molar refractivity (Wildman–Crippen MR) is 107 cm³/mol. The molecule has 0 radical (unpaired) electrons. The molecule has 2 fully saturated rings. The molecule has 7 heteroatoms. The van der Waals surface area contributed by atoms with Gasteiger partial charge in [0.2, 0.25) is 17.7 Å². The second-order valence-electron chi connectivity index (χ2n) is 7.73. The predicted octanol–water partition coefficient (Wildman–Crippen LogP) is 2.51. The third kappa shape index (κ3) is 4.50. The van der Waals surface area contributed by atoms with Crippen molar-refractivity contribution in [1.29, 1.82) is 0 Å². The standard InChI is InChI=1S/C22H25N3O4/c26-20-12-17(14-25(20)15-19-9-5-11-29-19)22(28)24-10-4-6-16(13-24)21(27)23-18-7-2-1-3-8-18/h1-3,5,7-9,11,16-17H,4,6,10,12-15H2,(H,23,27). The van der Waals surface area contributed by atoms with Crippen molar-refractivity contribution in [3.63, 3.8) is 0 Å². The van der Waals surface area contributed by atoms with Gasteiger partial charge in [-0.2, -0.15) is 0 Å². The second kappa shape index (κ2) is 8.51. The molecule has 152 valence electrons. The van der Waals surface area contributed by atoms with Gasteiger partial charge < -0.3 is 19.5 Å². The zero-order valence-corrected chi connectivity index (χ0v) is 16.3. The van der Waals surface area contributed by atoms with Gasteiger partial charge in [0.15, 0.2) is 0 Å². The van der Waals surface area contributed by atoms with Crippen molar-refractivity contribution >= 4 is 23.4 Å². The molecular weight excluding hydrogens is 370 g/mol. The van der Waals surface area contributed by atoms with Crippen molar-refractivity contribution in [2.75, 3.05) is 25.0 Å². The highest BCUT2D eigenvalue weighted by molar-refractivity contribution is 5.94. The molecule has 3 amide bonds. The van der Waals surface area contributed by atoms with Crippen molar-refractivity contribution in [2.45, 2.75) is 25.8 Å². The molecule has 2 atom stereocenters. The van der Waals surface area contributed by atoms with Crippen LogP contribution in [-0.2, 0) is 20.9 Å². The van der Waals surface area contributed by atoms with Crippen LogP contribution in [0.15, 0.2) is 53.1 Å². The lowest BCUT2D eigenvalue weighted by atomic mass is 9.95. The van der Waals surface area contributed by atoms with E-state index in [1.807, 2.05) is 36.4 Å². The van der Waals surface area contributed by atoms with Crippen LogP contribution in [-0.4, -0.2) is 47.2 Å². The summed E-state index contributed by atoms with van der Waals surface area (Å²) in [6, 6.07) is 12.9. The van der Waals surface area contributed by atoms with Crippen LogP contribution in [0.3, 0.4) is 0 Å². The minimum Gasteiger partial charge on any atom is -0.467 e. The smallest absolute Gasteiger partial charge is 0.229 e. The first-order valence-electron chi connectivity index (χ1n) is 10.0. The Morgan fingerprint density at radius 2 is 1.90 bits per heavy atom. The fourth-order valence-electron chi connectivity index (χ4n) is 4.10. The van der Waals surface area contributed by atoms with E-state index in [1.54, 1.807) is 22.1 Å². The number of carbonyl (C=O) groups is 3. The van der Waals surface area contributed by atoms with E-state index < -0.39 is 0 Å². The number of hydrogen-bond acceptors (Lipinski definition) is 4. The average molecular weight is 395 g/mol. The molecular formula is C22H25N3O4. The Morgan fingerprint density at radius 1 is 1.07 bits per heavy atom. The molecule has 2 aliphatic rings. The van der Waals surface area contributed by atoms with E-state index in [1.165, 1.54) is 0 Å². The van der Waals surface area contributed by atoms with E-state index in [2.05, 4.69) is 5.32 Å². The largest absolute Gasteiger partial charge is 0.467 e. The van der Waals surface area contributed by atoms with Gasteiger partial charge in [0.05, 0.1) is 24.6 Å². The van der Waals surface area contributed by atoms with Crippen molar-refractivity contribution in [3.8, 4) is 0 Å². The molecule has 7 nitrogen and oxygen atoms in total. The molecule has 4 rings (SSSR count). The van der Waals surface area contributed by atoms with Crippen LogP contribution in [0.2, 0.25) is 0 Å². The molecule has 2 aliphatic heterocycles. The summed E-state index contributed by atoms with van der Waals surface area (Å²) in [4.78, 5) is 41.4. The van der Waals surface area contributed by atoms with E-state index in [4.69, 9.17) is 4.42 Å². The minimum atomic E-state index is -0.353. The normalized spacial score (nSPS) is 22.0. The van der Waals surface area contributed by atoms with Crippen LogP contribution in [0, 0.1) is 11.8 Å². The molecule has 29 heavy (non-hydrogen) atoms. The van der Waals surface area contributed by atoms with Crippen molar-refractivity contribution in [2.24, 2.45) is 11.8 Å². The van der Waals surface area contributed by atoms with Gasteiger partial charge in [-0.05, 0) is 37.1 Å². The van der Waals surface area contributed by atoms with Gasteiger partial charge in [-0.3, -0.25) is 14.4 Å². The van der Waals surface area contributed by atoms with Gasteiger partial charge in [-0.1, -0.05) is 18.2 Å². The third-order valence-electron chi connectivity index (χ3n) is 5.64. The summed E-state index contributed by atoms with van der Waals surface area (Å²) in [6.45, 7) is 1.82. The van der Waals surface area contributed by atoms with Gasteiger partial charge in [0.1, 0.15) is 5.76 Å². The molecule has 0 aliphatic carbocycles. The Labute approximate surface area is 169 Å². The van der Waals surface area contributed by atoms with Crippen LogP contribution >= 0.6 is 0 Å². The van der Waals surface area contributed by atoms with Crippen LogP contribution in [0.5, 0.6) is 0 Å². The topological polar surface area (TPSA) is 82.9 Å². The lowest BCUT2D eigenvalue weighted by Crippen LogP contribution is -2.46. The number of amides is 3. The molecule has 1 N–H and O–H groups in total. The summed E-state index contributed by atoms with van der Waals surface area (Å²) in [5.41, 5.74) is 0.760. The number of furan rings is 1. The molecule has 2 saturated heterocycles. The highest BCUT2D eigenvalue weighted by Gasteiger charge is 2.38. The van der Waals surface area contributed by atoms with Crippen LogP contribution in [0.25, 0.3) is 0 Å². The van der Waals surface area contributed by atoms with Gasteiger partial charge >= 0.3 is 0 Å². The first kappa shape index (κ1) is 19.2. The second-order valence-corrected chi connectivity index (χ2v) is 7.73. The summed E-state index contributed by atoms with van der Waals surface area (Å²) in [5.74, 6) is 0.00276. The van der Waals surface area contributed by atoms with Crippen LogP contribution in [0.4, 0.5) is 5.69 Å². The lowest BCUT2D eigenvalue weighted by Gasteiger charge is -2.33. The maximum absolute atomic E-state index is 13.0. The Hall–Kier alpha value is -3.09. The summed E-state index contributed by atoms with van der Waals surface area (Å²) < 4.78 is 5.31. The fourth-order valence-corrected chi connectivity index (χ4v) is 4.10. The number of anilines is 1. The maximum atomic E-state index is 13.0. The zero-order chi connectivity index (χ0) is 20.2. The Kier molecular flexibility index (Phi) is 5.64. The summed E-state index contributed by atoms with van der Waals surface area (Å²) in [6.07, 6.45) is 3.34. The van der Waals surface area contributed by atoms with Gasteiger partial charge in [0.25, 0.3) is 0 Å². The average Bonchev–Trinajstić information content (AvgIpc) is 3.38. The Balaban J connectivity index is 1.34. The molecule has 0 spiro atoms. The highest BCUT2D eigenvalue weighted by Crippen LogP contribution is 2.26. The lowest BCUT2D eigenvalue weighted by molar-refractivity contribution is -0.138. The Bertz CT molecular complexity index is 865. The van der Waals surface area contributed by atoms with E-state index in [0.29, 0.717) is 31.9 Å². The SMILES string of the molecule is O=C(Nc1ccccc1)C1CCCN(C(=O)C2CC(=O)N(Cc3ccco3)C2)C1. The maximum Gasteiger partial charge on any atom is 0.229 e. The number of hydrogen-bond donors (Lipinski definition) is 1. The Morgan fingerprint density at radius 3 is 2.66 bits per heavy atom. The van der Waals surface area contributed by atoms with Gasteiger partial charge in [-0.25, -0.2) is 0 Å². The molecule has 0 bridgehead atoms. The summed E-state index contributed by atoms with van der Waals surface area (Å²) in [7, 11) is 0. The number of nitrogens with one attached hydrogen (secondary N) is 1. The molecule has 2 unspecified atom stereocenters. The molecule has 1 aromatic carbocycles. The van der Waals surface area contributed by atoms with Gasteiger partial charge in [-0.15, -0.1) is 0 Å². The molecule has 1 aromatic heterocycles. The minimum absolute atomic E-state index is 0.0301. The van der Waals surface area contributed by atoms with Gasteiger partial charge in [0, 0.05) is 31.7 Å². The molecule has 2 aromatic rings. The van der Waals surface area contributed by atoms with E-state index in [9.17, 15) is 14.4 Å². The van der Waals surface area contributed by atoms with Crippen molar-refractivity contribution < 1.29 is 18.8 Å². The number of likely N-dealkylation sites (tertiary alicyclic amines) is 2. The number of rotatable bonds is 5. The van der Waals surface area contributed by atoms with E-state index in [-0.39, 0.29) is 36.0 Å². The van der Waals surface area contributed by atoms with E-state index in [0.717, 1.165) is 18.5 Å². The fraction of sp³-hybridized carbons (Fsp3) is 0.409. The first-order valence-corrected chi connectivity index (χ1v) is 10.0. The van der Waals surface area contributed by atoms with Crippen molar-refractivity contribution in [1.82, 2.24) is 9.80 Å². The quantitative estimate of drug-likeness (QED) is 0.843. The number of benzene rings is 1. The van der Waals surface area contributed by atoms with E-state index >= 15 is 0 Å². The highest BCUT2D eigenvalue weighted by atomic mass is 16.3. The molecule has 3 heterocycles. The number of carbonyl (C=O) groups excluding carboxylic acids is 3. The number of nitrogens with zero attached hydrogens (tertiary/aromatic N) is 2.